The maximum Gasteiger partial charge on any atom is 0.522 e. The van der Waals surface area contributed by atoms with Crippen molar-refractivity contribution in [2.75, 3.05) is 6.61 Å². The van der Waals surface area contributed by atoms with Crippen molar-refractivity contribution in [3.8, 4) is 0 Å². The highest BCUT2D eigenvalue weighted by molar-refractivity contribution is 5.78. The number of aryl methyl sites for hydroxylation is 1. The topological polar surface area (TPSA) is 65.4 Å². The van der Waals surface area contributed by atoms with Crippen molar-refractivity contribution in [1.29, 1.82) is 0 Å². The molecule has 30 heavy (non-hydrogen) atoms. The third-order valence-electron chi connectivity index (χ3n) is 7.41. The van der Waals surface area contributed by atoms with Crippen LogP contribution in [0.15, 0.2) is 6.20 Å². The monoisotopic (exact) mass is 427 g/mol. The maximum atomic E-state index is 12.3. The molecular weight excluding hydrogens is 399 g/mol. The zero-order valence-corrected chi connectivity index (χ0v) is 17.3. The second-order valence-electron chi connectivity index (χ2n) is 10.0. The highest BCUT2D eigenvalue weighted by Gasteiger charge is 2.70. The Bertz CT molecular complexity index is 821. The Labute approximate surface area is 173 Å². The van der Waals surface area contributed by atoms with Crippen LogP contribution in [0.2, 0.25) is 0 Å². The Morgan fingerprint density at radius 1 is 1.23 bits per heavy atom. The van der Waals surface area contributed by atoms with E-state index in [1.54, 1.807) is 0 Å². The van der Waals surface area contributed by atoms with Gasteiger partial charge >= 0.3 is 6.36 Å². The quantitative estimate of drug-likeness (QED) is 0.723. The lowest BCUT2D eigenvalue weighted by Gasteiger charge is -2.70. The molecule has 9 heteroatoms. The van der Waals surface area contributed by atoms with E-state index in [1.165, 1.54) is 0 Å². The average Bonchev–Trinajstić information content (AvgIpc) is 2.88. The summed E-state index contributed by atoms with van der Waals surface area (Å²) in [5.74, 6) is 1.55. The lowest BCUT2D eigenvalue weighted by molar-refractivity contribution is -0.351. The minimum Gasteiger partial charge on any atom is -0.368 e. The predicted octanol–water partition coefficient (Wildman–Crippen LogP) is 3.54. The molecule has 0 atom stereocenters. The van der Waals surface area contributed by atoms with E-state index in [0.29, 0.717) is 18.8 Å². The summed E-state index contributed by atoms with van der Waals surface area (Å²) in [6.45, 7) is 4.25. The first-order valence-corrected chi connectivity index (χ1v) is 10.8. The van der Waals surface area contributed by atoms with Crippen molar-refractivity contribution in [2.45, 2.75) is 94.4 Å². The van der Waals surface area contributed by atoms with E-state index in [-0.39, 0.29) is 35.6 Å². The van der Waals surface area contributed by atoms with Gasteiger partial charge in [-0.1, -0.05) is 6.92 Å². The molecule has 1 aromatic heterocycles. The van der Waals surface area contributed by atoms with Gasteiger partial charge in [0.05, 0.1) is 23.4 Å². The standard InChI is InChI=1S/C21H28F3N3O3/c1-12-3-15(4-12)29-8-18(28)26-19-9-20(10-19,11-19)27-7-17(25-13(27)2)14-5-16(6-14)30-21(22,23)24/h7,12,14-16H,3-6,8-11H2,1-2H3,(H,26,28). The molecule has 1 aromatic rings. The van der Waals surface area contributed by atoms with Gasteiger partial charge in [-0.15, -0.1) is 13.2 Å². The number of aromatic nitrogens is 2. The van der Waals surface area contributed by atoms with E-state index >= 15 is 0 Å². The lowest BCUT2D eigenvalue weighted by Crippen LogP contribution is -2.79. The van der Waals surface area contributed by atoms with Crippen molar-refractivity contribution in [1.82, 2.24) is 14.9 Å². The molecule has 166 valence electrons. The van der Waals surface area contributed by atoms with E-state index in [4.69, 9.17) is 4.74 Å². The second-order valence-corrected chi connectivity index (χ2v) is 10.0. The van der Waals surface area contributed by atoms with E-state index < -0.39 is 12.5 Å². The first kappa shape index (κ1) is 20.3. The third-order valence-corrected chi connectivity index (χ3v) is 7.41. The van der Waals surface area contributed by atoms with Crippen LogP contribution in [-0.4, -0.2) is 46.2 Å². The summed E-state index contributed by atoms with van der Waals surface area (Å²) >= 11 is 0. The van der Waals surface area contributed by atoms with Gasteiger partial charge in [0, 0.05) is 17.7 Å². The molecule has 2 bridgehead atoms. The van der Waals surface area contributed by atoms with Gasteiger partial charge in [-0.25, -0.2) is 4.98 Å². The predicted molar refractivity (Wildman–Crippen MR) is 101 cm³/mol. The lowest BCUT2D eigenvalue weighted by atomic mass is 9.44. The summed E-state index contributed by atoms with van der Waals surface area (Å²) in [6.07, 6.45) is 2.26. The molecule has 1 heterocycles. The van der Waals surface area contributed by atoms with Crippen LogP contribution in [0.1, 0.15) is 69.3 Å². The molecule has 1 N–H and O–H groups in total. The number of rotatable bonds is 7. The van der Waals surface area contributed by atoms with Gasteiger partial charge in [0.2, 0.25) is 5.91 Å². The molecule has 6 nitrogen and oxygen atoms in total. The van der Waals surface area contributed by atoms with E-state index in [2.05, 4.69) is 26.5 Å². The molecule has 0 spiro atoms. The summed E-state index contributed by atoms with van der Waals surface area (Å²) in [4.78, 5) is 16.8. The minimum absolute atomic E-state index is 0.0154. The molecule has 0 radical (unpaired) electrons. The Morgan fingerprint density at radius 2 is 1.90 bits per heavy atom. The summed E-state index contributed by atoms with van der Waals surface area (Å²) in [5, 5.41) is 3.15. The summed E-state index contributed by atoms with van der Waals surface area (Å²) in [7, 11) is 0. The molecule has 0 unspecified atom stereocenters. The van der Waals surface area contributed by atoms with Crippen molar-refractivity contribution >= 4 is 5.91 Å². The van der Waals surface area contributed by atoms with Gasteiger partial charge in [-0.05, 0) is 57.8 Å². The fraction of sp³-hybridized carbons (Fsp3) is 0.810. The van der Waals surface area contributed by atoms with Gasteiger partial charge in [0.15, 0.2) is 0 Å². The molecule has 0 aliphatic heterocycles. The Kier molecular flexibility index (Phi) is 4.53. The van der Waals surface area contributed by atoms with Crippen LogP contribution in [0.25, 0.3) is 0 Å². The normalized spacial score (nSPS) is 39.4. The number of ether oxygens (including phenoxy) is 2. The molecule has 5 aliphatic carbocycles. The first-order chi connectivity index (χ1) is 14.0. The number of hydrogen-bond acceptors (Lipinski definition) is 4. The number of carbonyl (C=O) groups excluding carboxylic acids is 1. The SMILES string of the molecule is Cc1nc(C2CC(OC(F)(F)F)C2)cn1C12CC(NC(=O)COC3CC(C)C3)(C1)C2. The smallest absolute Gasteiger partial charge is 0.368 e. The molecular formula is C21H28F3N3O3. The Hall–Kier alpha value is -1.61. The van der Waals surface area contributed by atoms with Gasteiger partial charge in [0.25, 0.3) is 0 Å². The molecule has 0 saturated heterocycles. The molecule has 0 aromatic carbocycles. The van der Waals surface area contributed by atoms with Crippen molar-refractivity contribution in [3.63, 3.8) is 0 Å². The highest BCUT2D eigenvalue weighted by Crippen LogP contribution is 2.65. The minimum atomic E-state index is -4.57. The van der Waals surface area contributed by atoms with E-state index in [9.17, 15) is 18.0 Å². The van der Waals surface area contributed by atoms with Crippen LogP contribution >= 0.6 is 0 Å². The number of alkyl halides is 3. The van der Waals surface area contributed by atoms with Crippen LogP contribution in [0.5, 0.6) is 0 Å². The van der Waals surface area contributed by atoms with Crippen LogP contribution in [0, 0.1) is 12.8 Å². The van der Waals surface area contributed by atoms with Gasteiger partial charge in [-0.3, -0.25) is 9.53 Å². The fourth-order valence-electron chi connectivity index (χ4n) is 5.88. The van der Waals surface area contributed by atoms with Crippen molar-refractivity contribution in [2.24, 2.45) is 5.92 Å². The molecule has 5 saturated carbocycles. The first-order valence-electron chi connectivity index (χ1n) is 10.8. The van der Waals surface area contributed by atoms with E-state index in [0.717, 1.165) is 43.6 Å². The van der Waals surface area contributed by atoms with Crippen molar-refractivity contribution < 1.29 is 27.4 Å². The van der Waals surface area contributed by atoms with Gasteiger partial charge < -0.3 is 14.6 Å². The maximum absolute atomic E-state index is 12.3. The Balaban J connectivity index is 1.11. The Morgan fingerprint density at radius 3 is 2.50 bits per heavy atom. The number of halogens is 3. The number of carbonyl (C=O) groups is 1. The zero-order valence-electron chi connectivity index (χ0n) is 17.3. The second kappa shape index (κ2) is 6.69. The summed E-state index contributed by atoms with van der Waals surface area (Å²) in [6, 6.07) is 0. The van der Waals surface area contributed by atoms with Gasteiger partial charge in [-0.2, -0.15) is 0 Å². The number of imidazole rings is 1. The third kappa shape index (κ3) is 3.53. The van der Waals surface area contributed by atoms with Crippen LogP contribution in [-0.2, 0) is 19.8 Å². The van der Waals surface area contributed by atoms with Crippen molar-refractivity contribution in [3.05, 3.63) is 17.7 Å². The van der Waals surface area contributed by atoms with Crippen LogP contribution in [0.4, 0.5) is 13.2 Å². The number of hydrogen-bond donors (Lipinski definition) is 1. The van der Waals surface area contributed by atoms with E-state index in [1.807, 2.05) is 13.1 Å². The number of nitrogens with zero attached hydrogens (tertiary/aromatic N) is 2. The summed E-state index contributed by atoms with van der Waals surface area (Å²) in [5.41, 5.74) is 0.700. The van der Waals surface area contributed by atoms with Crippen LogP contribution < -0.4 is 5.32 Å². The number of nitrogens with one attached hydrogen (secondary N) is 1. The fourth-order valence-corrected chi connectivity index (χ4v) is 5.88. The summed E-state index contributed by atoms with van der Waals surface area (Å²) < 4.78 is 48.8. The average molecular weight is 427 g/mol. The zero-order chi connectivity index (χ0) is 21.3. The molecule has 5 aliphatic rings. The van der Waals surface area contributed by atoms with Gasteiger partial charge in [0.1, 0.15) is 12.4 Å². The number of amides is 1. The molecule has 5 fully saturated rings. The largest absolute Gasteiger partial charge is 0.522 e. The molecule has 6 rings (SSSR count). The van der Waals surface area contributed by atoms with Crippen LogP contribution in [0.3, 0.4) is 0 Å². The molecule has 1 amide bonds. The highest BCUT2D eigenvalue weighted by atomic mass is 19.4.